The highest BCUT2D eigenvalue weighted by atomic mass is 32.2. The molecule has 0 amide bonds. The minimum atomic E-state index is -3.39. The molecule has 0 atom stereocenters. The molecule has 1 aromatic heterocycles. The van der Waals surface area contributed by atoms with Gasteiger partial charge in [-0.1, -0.05) is 6.92 Å². The average Bonchev–Trinajstić information content (AvgIpc) is 3.33. The summed E-state index contributed by atoms with van der Waals surface area (Å²) in [5.41, 5.74) is 0.992. The normalized spacial score (nSPS) is 19.4. The summed E-state index contributed by atoms with van der Waals surface area (Å²) < 4.78 is 30.1. The van der Waals surface area contributed by atoms with Crippen molar-refractivity contribution < 1.29 is 8.42 Å². The summed E-state index contributed by atoms with van der Waals surface area (Å²) in [5.74, 6) is 1.13. The van der Waals surface area contributed by atoms with Gasteiger partial charge in [0.05, 0.1) is 4.90 Å². The van der Waals surface area contributed by atoms with E-state index in [2.05, 4.69) is 10.0 Å². The van der Waals surface area contributed by atoms with E-state index in [4.69, 9.17) is 0 Å². The van der Waals surface area contributed by atoms with Crippen molar-refractivity contribution in [2.45, 2.75) is 50.1 Å². The Bertz CT molecular complexity index is 588. The van der Waals surface area contributed by atoms with Gasteiger partial charge in [-0.3, -0.25) is 0 Å². The van der Waals surface area contributed by atoms with E-state index in [1.54, 1.807) is 12.3 Å². The van der Waals surface area contributed by atoms with Crippen LogP contribution < -0.4 is 10.0 Å². The largest absolute Gasteiger partial charge is 0.352 e. The number of hydrogen-bond donors (Lipinski definition) is 2. The second-order valence-electron chi connectivity index (χ2n) is 6.38. The van der Waals surface area contributed by atoms with Gasteiger partial charge in [-0.15, -0.1) is 0 Å². The first-order valence-electron chi connectivity index (χ1n) is 7.89. The highest BCUT2D eigenvalue weighted by Gasteiger charge is 2.43. The third kappa shape index (κ3) is 3.49. The molecule has 2 saturated carbocycles. The molecule has 118 valence electrons. The maximum Gasteiger partial charge on any atom is 0.242 e. The zero-order chi connectivity index (χ0) is 15.0. The molecule has 2 aliphatic rings. The molecule has 6 heteroatoms. The van der Waals surface area contributed by atoms with Crippen molar-refractivity contribution in [3.05, 3.63) is 18.0 Å². The van der Waals surface area contributed by atoms with Crippen LogP contribution in [0.3, 0.4) is 0 Å². The maximum absolute atomic E-state index is 12.6. The summed E-state index contributed by atoms with van der Waals surface area (Å²) >= 11 is 0. The van der Waals surface area contributed by atoms with E-state index >= 15 is 0 Å². The van der Waals surface area contributed by atoms with Crippen molar-refractivity contribution in [3.8, 4) is 0 Å². The van der Waals surface area contributed by atoms with Crippen LogP contribution in [0, 0.1) is 11.8 Å². The molecule has 0 radical (unpaired) electrons. The lowest BCUT2D eigenvalue weighted by Crippen LogP contribution is -2.37. The van der Waals surface area contributed by atoms with Crippen LogP contribution in [0.4, 0.5) is 0 Å². The SMILES string of the molecule is CCNCc1cc(S(=O)(=O)NC(C2CC2)C2CC2)cn1C. The van der Waals surface area contributed by atoms with E-state index in [0.717, 1.165) is 12.2 Å². The number of rotatable bonds is 8. The Morgan fingerprint density at radius 1 is 1.29 bits per heavy atom. The van der Waals surface area contributed by atoms with Crippen molar-refractivity contribution in [1.82, 2.24) is 14.6 Å². The van der Waals surface area contributed by atoms with E-state index in [-0.39, 0.29) is 6.04 Å². The van der Waals surface area contributed by atoms with Crippen LogP contribution in [-0.2, 0) is 23.6 Å². The highest BCUT2D eigenvalue weighted by molar-refractivity contribution is 7.89. The van der Waals surface area contributed by atoms with E-state index in [1.807, 2.05) is 18.5 Å². The van der Waals surface area contributed by atoms with Crippen molar-refractivity contribution in [1.29, 1.82) is 0 Å². The first-order valence-corrected chi connectivity index (χ1v) is 9.38. The maximum atomic E-state index is 12.6. The van der Waals surface area contributed by atoms with Gasteiger partial charge in [0.15, 0.2) is 0 Å². The van der Waals surface area contributed by atoms with Gasteiger partial charge in [0.25, 0.3) is 0 Å². The lowest BCUT2D eigenvalue weighted by atomic mass is 10.1. The van der Waals surface area contributed by atoms with Gasteiger partial charge >= 0.3 is 0 Å². The van der Waals surface area contributed by atoms with Crippen molar-refractivity contribution in [2.24, 2.45) is 18.9 Å². The topological polar surface area (TPSA) is 63.1 Å². The summed E-state index contributed by atoms with van der Waals surface area (Å²) in [6.07, 6.45) is 6.40. The number of nitrogens with zero attached hydrogens (tertiary/aromatic N) is 1. The quantitative estimate of drug-likeness (QED) is 0.766. The van der Waals surface area contributed by atoms with Gasteiger partial charge in [-0.05, 0) is 50.1 Å². The molecule has 0 aliphatic heterocycles. The molecule has 2 aliphatic carbocycles. The number of nitrogens with one attached hydrogen (secondary N) is 2. The predicted octanol–water partition coefficient (Wildman–Crippen LogP) is 1.60. The fraction of sp³-hybridized carbons (Fsp3) is 0.733. The van der Waals surface area contributed by atoms with Gasteiger partial charge in [0.1, 0.15) is 0 Å². The second-order valence-corrected chi connectivity index (χ2v) is 8.09. The summed E-state index contributed by atoms with van der Waals surface area (Å²) in [7, 11) is -1.50. The summed E-state index contributed by atoms with van der Waals surface area (Å²) in [6, 6.07) is 1.94. The molecule has 1 aromatic rings. The number of aryl methyl sites for hydroxylation is 1. The summed E-state index contributed by atoms with van der Waals surface area (Å²) in [6.45, 7) is 3.60. The van der Waals surface area contributed by atoms with Crippen LogP contribution in [0.25, 0.3) is 0 Å². The number of hydrogen-bond acceptors (Lipinski definition) is 3. The fourth-order valence-corrected chi connectivity index (χ4v) is 4.36. The molecule has 0 unspecified atom stereocenters. The molecule has 0 saturated heterocycles. The van der Waals surface area contributed by atoms with Gasteiger partial charge in [-0.2, -0.15) is 0 Å². The van der Waals surface area contributed by atoms with Crippen molar-refractivity contribution in [3.63, 3.8) is 0 Å². The van der Waals surface area contributed by atoms with Gasteiger partial charge < -0.3 is 9.88 Å². The highest BCUT2D eigenvalue weighted by Crippen LogP contribution is 2.45. The molecular formula is C15H25N3O2S. The predicted molar refractivity (Wildman–Crippen MR) is 82.4 cm³/mol. The van der Waals surface area contributed by atoms with E-state index in [9.17, 15) is 8.42 Å². The van der Waals surface area contributed by atoms with E-state index in [0.29, 0.717) is 23.3 Å². The molecule has 0 aromatic carbocycles. The van der Waals surface area contributed by atoms with Crippen LogP contribution in [-0.4, -0.2) is 25.6 Å². The molecule has 5 nitrogen and oxygen atoms in total. The number of sulfonamides is 1. The van der Waals surface area contributed by atoms with E-state index in [1.165, 1.54) is 25.7 Å². The van der Waals surface area contributed by atoms with Crippen LogP contribution in [0.5, 0.6) is 0 Å². The molecule has 0 spiro atoms. The average molecular weight is 311 g/mol. The minimum Gasteiger partial charge on any atom is -0.352 e. The Morgan fingerprint density at radius 3 is 2.43 bits per heavy atom. The minimum absolute atomic E-state index is 0.160. The van der Waals surface area contributed by atoms with Gasteiger partial charge in [0.2, 0.25) is 10.0 Å². The third-order valence-corrected chi connectivity index (χ3v) is 5.93. The molecule has 21 heavy (non-hydrogen) atoms. The monoisotopic (exact) mass is 311 g/mol. The van der Waals surface area contributed by atoms with Gasteiger partial charge in [-0.25, -0.2) is 13.1 Å². The van der Waals surface area contributed by atoms with Crippen LogP contribution in [0.15, 0.2) is 17.2 Å². The second kappa shape index (κ2) is 5.74. The van der Waals surface area contributed by atoms with Crippen molar-refractivity contribution in [2.75, 3.05) is 6.54 Å². The molecule has 1 heterocycles. The first-order chi connectivity index (χ1) is 10.0. The van der Waals surface area contributed by atoms with Crippen molar-refractivity contribution >= 4 is 10.0 Å². The molecule has 3 rings (SSSR count). The van der Waals surface area contributed by atoms with E-state index < -0.39 is 10.0 Å². The van der Waals surface area contributed by atoms with Gasteiger partial charge in [0, 0.05) is 31.5 Å². The van der Waals surface area contributed by atoms with Crippen LogP contribution in [0.2, 0.25) is 0 Å². The Hall–Kier alpha value is -0.850. The third-order valence-electron chi connectivity index (χ3n) is 4.50. The molecule has 2 N–H and O–H groups in total. The standard InChI is InChI=1S/C15H25N3O2S/c1-3-16-9-13-8-14(10-18(13)2)21(19,20)17-15(11-4-5-11)12-6-7-12/h8,10-12,15-17H,3-7,9H2,1-2H3. The fourth-order valence-electron chi connectivity index (χ4n) is 2.89. The molecule has 0 bridgehead atoms. The zero-order valence-corrected chi connectivity index (χ0v) is 13.6. The Kier molecular flexibility index (Phi) is 4.12. The van der Waals surface area contributed by atoms with Crippen LogP contribution in [0.1, 0.15) is 38.3 Å². The molecule has 2 fully saturated rings. The Morgan fingerprint density at radius 2 is 1.90 bits per heavy atom. The molecular weight excluding hydrogens is 286 g/mol. The first kappa shape index (κ1) is 15.1. The Balaban J connectivity index is 1.74. The van der Waals surface area contributed by atoms with Crippen LogP contribution >= 0.6 is 0 Å². The summed E-state index contributed by atoms with van der Waals surface area (Å²) in [5, 5.41) is 3.23. The lowest BCUT2D eigenvalue weighted by molar-refractivity contribution is 0.471. The smallest absolute Gasteiger partial charge is 0.242 e. The summed E-state index contributed by atoms with van der Waals surface area (Å²) in [4.78, 5) is 0.393. The zero-order valence-electron chi connectivity index (χ0n) is 12.8. The Labute approximate surface area is 127 Å². The lowest BCUT2D eigenvalue weighted by Gasteiger charge is -2.17. The number of aromatic nitrogens is 1.